The van der Waals surface area contributed by atoms with E-state index in [0.717, 1.165) is 36.6 Å². The molecule has 47 heavy (non-hydrogen) atoms. The normalized spacial score (nSPS) is 18.5. The molecule has 1 fully saturated rings. The molecule has 6 rings (SSSR count). The van der Waals surface area contributed by atoms with E-state index in [1.54, 1.807) is 18.5 Å². The fourth-order valence-electron chi connectivity index (χ4n) is 5.32. The van der Waals surface area contributed by atoms with E-state index in [4.69, 9.17) is 15.2 Å². The van der Waals surface area contributed by atoms with Gasteiger partial charge in [-0.3, -0.25) is 14.6 Å². The molecule has 4 aromatic rings. The maximum absolute atomic E-state index is 14.8. The summed E-state index contributed by atoms with van der Waals surface area (Å²) in [7, 11) is 0. The Morgan fingerprint density at radius 2 is 1.81 bits per heavy atom. The van der Waals surface area contributed by atoms with E-state index in [-0.39, 0.29) is 40.8 Å². The number of hydrogen-bond acceptors (Lipinski definition) is 7. The fraction of sp³-hybridized carbons (Fsp3) is 0.294. The largest absolute Gasteiger partial charge is 0.490 e. The third-order valence-corrected chi connectivity index (χ3v) is 8.38. The number of primary amides is 1. The summed E-state index contributed by atoms with van der Waals surface area (Å²) in [5.74, 6) is -1.91. The third kappa shape index (κ3) is 5.98. The molecule has 4 N–H and O–H groups in total. The first kappa shape index (κ1) is 31.9. The Balaban J connectivity index is 1.38. The first-order valence-electron chi connectivity index (χ1n) is 14.7. The van der Waals surface area contributed by atoms with Crippen molar-refractivity contribution in [3.63, 3.8) is 0 Å². The summed E-state index contributed by atoms with van der Waals surface area (Å²) in [4.78, 5) is 34.1. The van der Waals surface area contributed by atoms with E-state index < -0.39 is 47.1 Å². The molecule has 0 radical (unpaired) electrons. The van der Waals surface area contributed by atoms with Crippen molar-refractivity contribution in [1.29, 1.82) is 0 Å². The Morgan fingerprint density at radius 3 is 2.45 bits per heavy atom. The predicted molar refractivity (Wildman–Crippen MR) is 162 cm³/mol. The molecular weight excluding hydrogens is 620 g/mol. The van der Waals surface area contributed by atoms with Crippen LogP contribution in [0.15, 0.2) is 67.0 Å². The molecule has 0 spiro atoms. The molecule has 244 valence electrons. The molecule has 2 atom stereocenters. The van der Waals surface area contributed by atoms with Gasteiger partial charge in [-0.25, -0.2) is 9.37 Å². The molecule has 2 aliphatic rings. The van der Waals surface area contributed by atoms with Crippen molar-refractivity contribution in [2.24, 2.45) is 5.73 Å². The molecule has 3 heterocycles. The van der Waals surface area contributed by atoms with Crippen molar-refractivity contribution in [2.75, 3.05) is 13.2 Å². The van der Waals surface area contributed by atoms with Crippen LogP contribution in [0.4, 0.5) is 17.6 Å². The lowest BCUT2D eigenvalue weighted by Crippen LogP contribution is -2.51. The molecule has 2 aromatic heterocycles. The Kier molecular flexibility index (Phi) is 7.91. The molecule has 2 amide bonds. The Hall–Kier alpha value is -5.04. The van der Waals surface area contributed by atoms with Crippen molar-refractivity contribution in [2.45, 2.75) is 50.0 Å². The number of amides is 2. The molecular formula is C34H30F4N4O5. The van der Waals surface area contributed by atoms with Crippen LogP contribution in [0.1, 0.15) is 46.9 Å². The van der Waals surface area contributed by atoms with Crippen LogP contribution in [0.25, 0.3) is 22.4 Å². The average molecular weight is 651 g/mol. The SMILES string of the molecule is Cc1cncc(-c2cc(C(=O)NC[C@](O)(c3cc4c(c(-c5ccc(F)cc5)n3)OC[C@]4(C)C(N)=O)C(F)(F)F)ccc2OC2CC2)c1. The number of hydrogen-bond donors (Lipinski definition) is 3. The summed E-state index contributed by atoms with van der Waals surface area (Å²) in [6.45, 7) is 1.61. The van der Waals surface area contributed by atoms with Crippen LogP contribution in [0.3, 0.4) is 0 Å². The number of aryl methyl sites for hydroxylation is 1. The van der Waals surface area contributed by atoms with Gasteiger partial charge in [0.2, 0.25) is 11.5 Å². The number of aliphatic hydroxyl groups is 1. The number of carbonyl (C=O) groups excluding carboxylic acids is 2. The van der Waals surface area contributed by atoms with E-state index in [9.17, 15) is 32.3 Å². The third-order valence-electron chi connectivity index (χ3n) is 8.38. The van der Waals surface area contributed by atoms with Gasteiger partial charge in [0.05, 0.1) is 18.3 Å². The fourth-order valence-corrected chi connectivity index (χ4v) is 5.32. The van der Waals surface area contributed by atoms with E-state index in [2.05, 4.69) is 15.3 Å². The van der Waals surface area contributed by atoms with Gasteiger partial charge in [0.15, 0.2) is 0 Å². The number of ether oxygens (including phenoxy) is 2. The number of alkyl halides is 3. The maximum Gasteiger partial charge on any atom is 0.424 e. The van der Waals surface area contributed by atoms with Gasteiger partial charge in [-0.05, 0) is 86.8 Å². The van der Waals surface area contributed by atoms with Gasteiger partial charge in [-0.1, -0.05) is 0 Å². The van der Waals surface area contributed by atoms with Crippen molar-refractivity contribution < 1.29 is 41.7 Å². The molecule has 0 saturated heterocycles. The van der Waals surface area contributed by atoms with Gasteiger partial charge in [-0.2, -0.15) is 13.2 Å². The maximum atomic E-state index is 14.8. The lowest BCUT2D eigenvalue weighted by atomic mass is 9.81. The summed E-state index contributed by atoms with van der Waals surface area (Å²) in [6, 6.07) is 11.9. The number of rotatable bonds is 9. The summed E-state index contributed by atoms with van der Waals surface area (Å²) >= 11 is 0. The standard InChI is InChI=1S/C34H30F4N4O5/c1-18-11-21(15-40-14-18)24-12-20(5-10-26(24)47-23-8-9-23)30(43)41-16-33(45,34(36,37)38)27-13-25-29(46-17-32(25,2)31(39)44)28(42-27)19-3-6-22(35)7-4-19/h3-7,10-15,23,45H,8-9,16-17H2,1-2H3,(H2,39,44)(H,41,43)/t32-,33-/m0/s1. The molecule has 1 saturated carbocycles. The van der Waals surface area contributed by atoms with Crippen LogP contribution in [0, 0.1) is 12.7 Å². The first-order valence-corrected chi connectivity index (χ1v) is 14.7. The number of halogens is 4. The minimum Gasteiger partial charge on any atom is -0.490 e. The second kappa shape index (κ2) is 11.6. The van der Waals surface area contributed by atoms with Crippen LogP contribution in [0.5, 0.6) is 11.5 Å². The van der Waals surface area contributed by atoms with Crippen molar-refractivity contribution in [3.05, 3.63) is 95.2 Å². The number of pyridine rings is 2. The number of aromatic nitrogens is 2. The average Bonchev–Trinajstić information content (AvgIpc) is 3.79. The molecule has 2 aromatic carbocycles. The Morgan fingerprint density at radius 1 is 1.09 bits per heavy atom. The lowest BCUT2D eigenvalue weighted by molar-refractivity contribution is -0.265. The Bertz CT molecular complexity index is 1880. The number of benzene rings is 2. The zero-order chi connectivity index (χ0) is 33.7. The van der Waals surface area contributed by atoms with E-state index in [0.29, 0.717) is 16.9 Å². The van der Waals surface area contributed by atoms with Crippen LogP contribution in [-0.2, 0) is 15.8 Å². The number of nitrogens with one attached hydrogen (secondary N) is 1. The van der Waals surface area contributed by atoms with E-state index in [1.807, 2.05) is 13.0 Å². The highest BCUT2D eigenvalue weighted by Crippen LogP contribution is 2.48. The lowest BCUT2D eigenvalue weighted by Gasteiger charge is -2.31. The zero-order valence-corrected chi connectivity index (χ0v) is 25.3. The second-order valence-electron chi connectivity index (χ2n) is 12.0. The van der Waals surface area contributed by atoms with Crippen LogP contribution < -0.4 is 20.5 Å². The number of carbonyl (C=O) groups is 2. The topological polar surface area (TPSA) is 137 Å². The molecule has 1 aliphatic heterocycles. The highest BCUT2D eigenvalue weighted by Gasteiger charge is 2.57. The van der Waals surface area contributed by atoms with Gasteiger partial charge in [0, 0.05) is 40.2 Å². The van der Waals surface area contributed by atoms with Gasteiger partial charge in [0.25, 0.3) is 5.91 Å². The van der Waals surface area contributed by atoms with E-state index in [1.165, 1.54) is 31.2 Å². The molecule has 9 nitrogen and oxygen atoms in total. The first-order chi connectivity index (χ1) is 22.2. The molecule has 0 unspecified atom stereocenters. The molecule has 13 heteroatoms. The predicted octanol–water partition coefficient (Wildman–Crippen LogP) is 5.11. The summed E-state index contributed by atoms with van der Waals surface area (Å²) in [6.07, 6.45) is -0.304. The number of fused-ring (bicyclic) bond motifs is 1. The van der Waals surface area contributed by atoms with Gasteiger partial charge < -0.3 is 25.6 Å². The number of nitrogens with zero attached hydrogens (tertiary/aromatic N) is 2. The zero-order valence-electron chi connectivity index (χ0n) is 25.3. The van der Waals surface area contributed by atoms with Crippen molar-refractivity contribution in [1.82, 2.24) is 15.3 Å². The monoisotopic (exact) mass is 650 g/mol. The summed E-state index contributed by atoms with van der Waals surface area (Å²) in [5, 5.41) is 13.5. The second-order valence-corrected chi connectivity index (χ2v) is 12.0. The van der Waals surface area contributed by atoms with E-state index >= 15 is 0 Å². The van der Waals surface area contributed by atoms with Gasteiger partial charge in [0.1, 0.15) is 35.0 Å². The van der Waals surface area contributed by atoms with Crippen molar-refractivity contribution >= 4 is 11.8 Å². The summed E-state index contributed by atoms with van der Waals surface area (Å²) < 4.78 is 69.8. The highest BCUT2D eigenvalue weighted by atomic mass is 19.4. The van der Waals surface area contributed by atoms with Crippen molar-refractivity contribution in [3.8, 4) is 33.9 Å². The number of nitrogens with two attached hydrogens (primary N) is 1. The molecule has 0 bridgehead atoms. The van der Waals surface area contributed by atoms with Crippen LogP contribution in [0.2, 0.25) is 0 Å². The quantitative estimate of drug-likeness (QED) is 0.214. The molecule has 1 aliphatic carbocycles. The highest BCUT2D eigenvalue weighted by molar-refractivity contribution is 5.96. The summed E-state index contributed by atoms with van der Waals surface area (Å²) in [5.41, 5.74) is 1.42. The minimum absolute atomic E-state index is 0.0118. The van der Waals surface area contributed by atoms with Crippen LogP contribution in [-0.4, -0.2) is 52.3 Å². The smallest absolute Gasteiger partial charge is 0.424 e. The van der Waals surface area contributed by atoms with Gasteiger partial charge >= 0.3 is 6.18 Å². The Labute approximate surface area is 266 Å². The van der Waals surface area contributed by atoms with Crippen LogP contribution >= 0.6 is 0 Å². The van der Waals surface area contributed by atoms with Gasteiger partial charge in [-0.15, -0.1) is 0 Å². The minimum atomic E-state index is -5.36.